The van der Waals surface area contributed by atoms with Gasteiger partial charge in [0.1, 0.15) is 0 Å². The molecule has 1 nitrogen and oxygen atoms in total. The average molecular weight is 186 g/mol. The van der Waals surface area contributed by atoms with Gasteiger partial charge in [0, 0.05) is 0 Å². The van der Waals surface area contributed by atoms with E-state index in [-0.39, 0.29) is 0 Å². The summed E-state index contributed by atoms with van der Waals surface area (Å²) in [6.07, 6.45) is 8.29. The molecule has 0 N–H and O–H groups in total. The maximum Gasteiger partial charge on any atom is 0.0782 e. The van der Waals surface area contributed by atoms with E-state index in [1.807, 2.05) is 0 Å². The van der Waals surface area contributed by atoms with E-state index in [0.717, 1.165) is 0 Å². The molecule has 0 aliphatic carbocycles. The van der Waals surface area contributed by atoms with E-state index < -0.39 is 0 Å². The van der Waals surface area contributed by atoms with Crippen molar-refractivity contribution in [3.8, 4) is 0 Å². The number of hydrogen-bond acceptors (Lipinski definition) is 0. The Kier molecular flexibility index (Phi) is 7.35. The van der Waals surface area contributed by atoms with Crippen LogP contribution < -0.4 is 0 Å². The average Bonchev–Trinajstić information content (AvgIpc) is 2.09. The van der Waals surface area contributed by atoms with Crippen molar-refractivity contribution in [2.45, 2.75) is 52.4 Å². The summed E-state index contributed by atoms with van der Waals surface area (Å²) < 4.78 is 1.22. The largest absolute Gasteiger partial charge is 0.328 e. The SMILES string of the molecule is CCCCCC[N+](C)(C)CCCC. The van der Waals surface area contributed by atoms with Gasteiger partial charge in [0.15, 0.2) is 0 Å². The lowest BCUT2D eigenvalue weighted by Gasteiger charge is -2.29. The van der Waals surface area contributed by atoms with Crippen molar-refractivity contribution >= 4 is 0 Å². The fourth-order valence-corrected chi connectivity index (χ4v) is 1.66. The summed E-state index contributed by atoms with van der Waals surface area (Å²) in [7, 11) is 4.73. The van der Waals surface area contributed by atoms with Crippen LogP contribution in [0.5, 0.6) is 0 Å². The molecule has 0 radical (unpaired) electrons. The molecule has 0 aliphatic heterocycles. The second-order valence-corrected chi connectivity index (χ2v) is 4.80. The zero-order chi connectivity index (χ0) is 10.2. The van der Waals surface area contributed by atoms with E-state index in [4.69, 9.17) is 0 Å². The molecule has 0 amide bonds. The van der Waals surface area contributed by atoms with Gasteiger partial charge in [0.25, 0.3) is 0 Å². The van der Waals surface area contributed by atoms with E-state index in [1.165, 1.54) is 56.1 Å². The van der Waals surface area contributed by atoms with Gasteiger partial charge in [-0.2, -0.15) is 0 Å². The summed E-state index contributed by atoms with van der Waals surface area (Å²) >= 11 is 0. The predicted molar refractivity (Wildman–Crippen MR) is 60.9 cm³/mol. The molecule has 0 aromatic heterocycles. The van der Waals surface area contributed by atoms with Gasteiger partial charge in [-0.15, -0.1) is 0 Å². The van der Waals surface area contributed by atoms with Crippen LogP contribution in [-0.2, 0) is 0 Å². The Balaban J connectivity index is 3.39. The molecule has 0 spiro atoms. The van der Waals surface area contributed by atoms with Crippen molar-refractivity contribution in [3.63, 3.8) is 0 Å². The van der Waals surface area contributed by atoms with Crippen molar-refractivity contribution in [1.82, 2.24) is 0 Å². The first-order valence-corrected chi connectivity index (χ1v) is 5.94. The third-order valence-corrected chi connectivity index (χ3v) is 2.73. The molecule has 0 atom stereocenters. The van der Waals surface area contributed by atoms with E-state index in [1.54, 1.807) is 0 Å². The highest BCUT2D eigenvalue weighted by Crippen LogP contribution is 2.06. The fraction of sp³-hybridized carbons (Fsp3) is 1.00. The van der Waals surface area contributed by atoms with Crippen LogP contribution in [0.1, 0.15) is 52.4 Å². The quantitative estimate of drug-likeness (QED) is 0.402. The Morgan fingerprint density at radius 1 is 0.692 bits per heavy atom. The zero-order valence-corrected chi connectivity index (χ0v) is 10.1. The number of nitrogens with zero attached hydrogens (tertiary/aromatic N) is 1. The molecular weight excluding hydrogens is 158 g/mol. The van der Waals surface area contributed by atoms with Crippen LogP contribution in [0.2, 0.25) is 0 Å². The summed E-state index contributed by atoms with van der Waals surface area (Å²) in [6, 6.07) is 0. The lowest BCUT2D eigenvalue weighted by atomic mass is 10.2. The van der Waals surface area contributed by atoms with Gasteiger partial charge < -0.3 is 4.48 Å². The van der Waals surface area contributed by atoms with Crippen molar-refractivity contribution in [1.29, 1.82) is 0 Å². The molecule has 0 aliphatic rings. The molecular formula is C12H28N+. The Morgan fingerprint density at radius 3 is 1.77 bits per heavy atom. The predicted octanol–water partition coefficient (Wildman–Crippen LogP) is 3.44. The fourth-order valence-electron chi connectivity index (χ4n) is 1.66. The van der Waals surface area contributed by atoms with Crippen LogP contribution in [0, 0.1) is 0 Å². The number of hydrogen-bond donors (Lipinski definition) is 0. The molecule has 0 aromatic carbocycles. The minimum absolute atomic E-state index is 1.22. The Labute approximate surface area is 84.7 Å². The molecule has 0 heterocycles. The van der Waals surface area contributed by atoms with Crippen molar-refractivity contribution in [3.05, 3.63) is 0 Å². The number of unbranched alkanes of at least 4 members (excludes halogenated alkanes) is 4. The van der Waals surface area contributed by atoms with Gasteiger partial charge in [-0.25, -0.2) is 0 Å². The highest BCUT2D eigenvalue weighted by molar-refractivity contribution is 4.41. The van der Waals surface area contributed by atoms with Gasteiger partial charge in [-0.05, 0) is 19.3 Å². The number of rotatable bonds is 8. The second-order valence-electron chi connectivity index (χ2n) is 4.80. The highest BCUT2D eigenvalue weighted by Gasteiger charge is 2.12. The monoisotopic (exact) mass is 186 g/mol. The molecule has 0 fully saturated rings. The maximum absolute atomic E-state index is 2.36. The molecule has 0 saturated carbocycles. The van der Waals surface area contributed by atoms with Crippen molar-refractivity contribution in [2.24, 2.45) is 0 Å². The normalized spacial score (nSPS) is 12.0. The van der Waals surface area contributed by atoms with E-state index in [9.17, 15) is 0 Å². The molecule has 0 rings (SSSR count). The first-order valence-electron chi connectivity index (χ1n) is 5.94. The molecule has 0 unspecified atom stereocenters. The third-order valence-electron chi connectivity index (χ3n) is 2.73. The highest BCUT2D eigenvalue weighted by atomic mass is 15.3. The van der Waals surface area contributed by atoms with Crippen LogP contribution in [0.4, 0.5) is 0 Å². The van der Waals surface area contributed by atoms with E-state index in [2.05, 4.69) is 27.9 Å². The Morgan fingerprint density at radius 2 is 1.23 bits per heavy atom. The smallest absolute Gasteiger partial charge is 0.0782 e. The Hall–Kier alpha value is -0.0400. The third kappa shape index (κ3) is 8.29. The van der Waals surface area contributed by atoms with Gasteiger partial charge in [-0.3, -0.25) is 0 Å². The van der Waals surface area contributed by atoms with Gasteiger partial charge in [0.05, 0.1) is 27.2 Å². The van der Waals surface area contributed by atoms with E-state index in [0.29, 0.717) is 0 Å². The molecule has 13 heavy (non-hydrogen) atoms. The zero-order valence-electron chi connectivity index (χ0n) is 10.1. The first-order chi connectivity index (χ1) is 6.12. The minimum atomic E-state index is 1.22. The summed E-state index contributed by atoms with van der Waals surface area (Å²) in [4.78, 5) is 0. The molecule has 0 bridgehead atoms. The molecule has 80 valence electrons. The summed E-state index contributed by atoms with van der Waals surface area (Å²) in [5, 5.41) is 0. The Bertz CT molecular complexity index is 108. The summed E-state index contributed by atoms with van der Waals surface area (Å²) in [5.74, 6) is 0. The number of quaternary nitrogens is 1. The lowest BCUT2D eigenvalue weighted by molar-refractivity contribution is -0.890. The first kappa shape index (κ1) is 13.0. The summed E-state index contributed by atoms with van der Waals surface area (Å²) in [6.45, 7) is 7.26. The van der Waals surface area contributed by atoms with Crippen molar-refractivity contribution in [2.75, 3.05) is 27.2 Å². The standard InChI is InChI=1S/C12H28N/c1-5-7-9-10-12-13(3,4)11-8-6-2/h5-12H2,1-4H3/q+1. The van der Waals surface area contributed by atoms with Crippen LogP contribution in [0.15, 0.2) is 0 Å². The van der Waals surface area contributed by atoms with Crippen LogP contribution in [0.3, 0.4) is 0 Å². The van der Waals surface area contributed by atoms with Crippen LogP contribution in [0.25, 0.3) is 0 Å². The van der Waals surface area contributed by atoms with Gasteiger partial charge >= 0.3 is 0 Å². The minimum Gasteiger partial charge on any atom is -0.328 e. The molecule has 1 heteroatoms. The molecule has 0 aromatic rings. The molecule has 0 saturated heterocycles. The van der Waals surface area contributed by atoms with Crippen molar-refractivity contribution < 1.29 is 4.48 Å². The van der Waals surface area contributed by atoms with Gasteiger partial charge in [0.2, 0.25) is 0 Å². The second kappa shape index (κ2) is 7.37. The van der Waals surface area contributed by atoms with E-state index >= 15 is 0 Å². The van der Waals surface area contributed by atoms with Crippen LogP contribution >= 0.6 is 0 Å². The van der Waals surface area contributed by atoms with Gasteiger partial charge in [-0.1, -0.05) is 33.1 Å². The maximum atomic E-state index is 2.36. The summed E-state index contributed by atoms with van der Waals surface area (Å²) in [5.41, 5.74) is 0. The topological polar surface area (TPSA) is 0 Å². The van der Waals surface area contributed by atoms with Crippen LogP contribution in [-0.4, -0.2) is 31.7 Å². The lowest BCUT2D eigenvalue weighted by Crippen LogP contribution is -2.41.